The van der Waals surface area contributed by atoms with Gasteiger partial charge >= 0.3 is 0 Å². The highest BCUT2D eigenvalue weighted by Gasteiger charge is 2.40. The van der Waals surface area contributed by atoms with Crippen LogP contribution < -0.4 is 9.80 Å². The predicted octanol–water partition coefficient (Wildman–Crippen LogP) is 19.5. The highest BCUT2D eigenvalue weighted by atomic mass is 15.1. The van der Waals surface area contributed by atoms with Gasteiger partial charge in [-0.05, 0) is 167 Å². The van der Waals surface area contributed by atoms with Crippen molar-refractivity contribution in [3.8, 4) is 44.5 Å². The van der Waals surface area contributed by atoms with Crippen molar-refractivity contribution in [1.82, 2.24) is 0 Å². The van der Waals surface area contributed by atoms with Crippen LogP contribution in [0.1, 0.15) is 74.9 Å². The zero-order valence-corrected chi connectivity index (χ0v) is 42.3. The van der Waals surface area contributed by atoms with Gasteiger partial charge in [-0.2, -0.15) is 0 Å². The predicted molar refractivity (Wildman–Crippen MR) is 309 cm³/mol. The summed E-state index contributed by atoms with van der Waals surface area (Å²) in [6, 6.07) is 86.5. The maximum Gasteiger partial charge on any atom is 0.0543 e. The molecule has 3 aliphatic carbocycles. The van der Waals surface area contributed by atoms with Gasteiger partial charge < -0.3 is 9.80 Å². The first kappa shape index (κ1) is 43.3. The number of rotatable bonds is 7. The summed E-state index contributed by atoms with van der Waals surface area (Å²) in [5.74, 6) is 0. The molecule has 73 heavy (non-hydrogen) atoms. The summed E-state index contributed by atoms with van der Waals surface area (Å²) in [5.41, 5.74) is 25.1. The van der Waals surface area contributed by atoms with Crippen LogP contribution in [0, 0.1) is 0 Å². The molecule has 0 unspecified atom stereocenters. The molecule has 11 aromatic rings. The Morgan fingerprint density at radius 1 is 0.260 bits per heavy atom. The topological polar surface area (TPSA) is 6.48 Å². The number of anilines is 6. The van der Waals surface area contributed by atoms with E-state index in [9.17, 15) is 0 Å². The zero-order chi connectivity index (χ0) is 49.4. The van der Waals surface area contributed by atoms with E-state index in [0.29, 0.717) is 0 Å². The summed E-state index contributed by atoms with van der Waals surface area (Å²) >= 11 is 0. The van der Waals surface area contributed by atoms with E-state index in [0.717, 1.165) is 22.7 Å². The van der Waals surface area contributed by atoms with Gasteiger partial charge in [-0.25, -0.2) is 0 Å². The number of nitrogens with zero attached hydrogens (tertiary/aromatic N) is 2. The lowest BCUT2D eigenvalue weighted by molar-refractivity contribution is 0.660. The molecule has 0 saturated heterocycles. The largest absolute Gasteiger partial charge is 0.310 e. The fourth-order valence-corrected chi connectivity index (χ4v) is 13.2. The second-order valence-corrected chi connectivity index (χ2v) is 22.1. The number of hydrogen-bond acceptors (Lipinski definition) is 2. The fraction of sp³-hybridized carbons (Fsp3) is 0.127. The van der Waals surface area contributed by atoms with Crippen molar-refractivity contribution in [2.75, 3.05) is 9.80 Å². The van der Waals surface area contributed by atoms with Gasteiger partial charge in [0.2, 0.25) is 0 Å². The van der Waals surface area contributed by atoms with Crippen molar-refractivity contribution in [2.24, 2.45) is 0 Å². The normalized spacial score (nSPS) is 14.8. The van der Waals surface area contributed by atoms with Crippen LogP contribution >= 0.6 is 0 Å². The fourth-order valence-electron chi connectivity index (χ4n) is 13.2. The van der Waals surface area contributed by atoms with Crippen LogP contribution in [0.15, 0.2) is 231 Å². The molecule has 0 bridgehead atoms. The number of para-hydroxylation sites is 1. The summed E-state index contributed by atoms with van der Waals surface area (Å²) < 4.78 is 0. The number of benzene rings is 11. The molecule has 0 atom stereocenters. The molecule has 0 saturated carbocycles. The van der Waals surface area contributed by atoms with E-state index in [1.165, 1.54) is 111 Å². The lowest BCUT2D eigenvalue weighted by Crippen LogP contribution is -2.18. The molecule has 3 aliphatic rings. The van der Waals surface area contributed by atoms with Crippen molar-refractivity contribution in [2.45, 2.75) is 57.8 Å². The molecule has 2 heteroatoms. The second kappa shape index (κ2) is 15.8. The Hall–Kier alpha value is -8.46. The van der Waals surface area contributed by atoms with Crippen LogP contribution in [0.2, 0.25) is 0 Å². The zero-order valence-electron chi connectivity index (χ0n) is 42.3. The first-order valence-electron chi connectivity index (χ1n) is 25.9. The van der Waals surface area contributed by atoms with Crippen molar-refractivity contribution in [3.05, 3.63) is 264 Å². The highest BCUT2D eigenvalue weighted by Crippen LogP contribution is 2.57. The maximum absolute atomic E-state index is 2.51. The van der Waals surface area contributed by atoms with Crippen LogP contribution in [0.4, 0.5) is 34.1 Å². The van der Waals surface area contributed by atoms with Gasteiger partial charge in [-0.15, -0.1) is 0 Å². The average molecular weight is 937 g/mol. The average Bonchev–Trinajstić information content (AvgIpc) is 3.90. The van der Waals surface area contributed by atoms with E-state index in [1.807, 2.05) is 0 Å². The van der Waals surface area contributed by atoms with E-state index >= 15 is 0 Å². The SMILES string of the molecule is CC1(C)c2ccccc2-c2ccc(N(c3ccc(-c4ccc5c(c4)C(C)(C)c4cc(N(c6ccccc6)c6ccc7c(c6)C(C)(C)c6ccccc6-7)c6ccccc6c4-5)cc3)c3ccc4ccccc4c3)cc21. The lowest BCUT2D eigenvalue weighted by Gasteiger charge is -2.31. The van der Waals surface area contributed by atoms with E-state index in [-0.39, 0.29) is 16.2 Å². The standard InChI is InChI=1S/C71H56N2/c1-69(2)61-26-16-14-22-54(61)56-38-35-52(42-64(56)69)72(51-34-30-45-18-10-11-19-47(45)40-51)50-32-28-46(29-33-50)48-31-37-60-63(41-48)71(5,6)66-44-67(58-24-12-13-25-59(58)68(60)66)73(49-20-8-7-9-21-49)53-36-39-57-55-23-15-17-27-62(55)70(3,4)65(57)43-53/h7-44H,1-6H3. The van der Waals surface area contributed by atoms with E-state index in [2.05, 4.69) is 282 Å². The van der Waals surface area contributed by atoms with Gasteiger partial charge in [0.15, 0.2) is 0 Å². The molecule has 0 fully saturated rings. The molecule has 0 spiro atoms. The van der Waals surface area contributed by atoms with Gasteiger partial charge in [0.05, 0.1) is 5.69 Å². The van der Waals surface area contributed by atoms with E-state index in [4.69, 9.17) is 0 Å². The molecular weight excluding hydrogens is 881 g/mol. The molecule has 0 aliphatic heterocycles. The Labute approximate surface area is 429 Å². The minimum Gasteiger partial charge on any atom is -0.310 e. The van der Waals surface area contributed by atoms with E-state index < -0.39 is 0 Å². The molecule has 2 nitrogen and oxygen atoms in total. The summed E-state index contributed by atoms with van der Waals surface area (Å²) in [4.78, 5) is 4.93. The molecular formula is C71H56N2. The van der Waals surface area contributed by atoms with Crippen LogP contribution in [0.5, 0.6) is 0 Å². The van der Waals surface area contributed by atoms with Crippen molar-refractivity contribution in [1.29, 1.82) is 0 Å². The Bertz CT molecular complexity index is 4060. The Balaban J connectivity index is 0.860. The summed E-state index contributed by atoms with van der Waals surface area (Å²) in [6.07, 6.45) is 0. The molecule has 0 radical (unpaired) electrons. The third kappa shape index (κ3) is 6.42. The first-order chi connectivity index (χ1) is 35.5. The van der Waals surface area contributed by atoms with Crippen molar-refractivity contribution in [3.63, 3.8) is 0 Å². The van der Waals surface area contributed by atoms with Crippen LogP contribution in [-0.4, -0.2) is 0 Å². The molecule has 11 aromatic carbocycles. The lowest BCUT2D eigenvalue weighted by atomic mass is 9.80. The Morgan fingerprint density at radius 2 is 0.712 bits per heavy atom. The first-order valence-corrected chi connectivity index (χ1v) is 25.9. The Kier molecular flexibility index (Phi) is 9.36. The summed E-state index contributed by atoms with van der Waals surface area (Å²) in [5, 5.41) is 4.98. The van der Waals surface area contributed by atoms with Gasteiger partial charge in [-0.1, -0.05) is 199 Å². The molecule has 350 valence electrons. The third-order valence-electron chi connectivity index (χ3n) is 17.0. The van der Waals surface area contributed by atoms with Gasteiger partial charge in [0, 0.05) is 50.1 Å². The molecule has 0 amide bonds. The molecule has 0 N–H and O–H groups in total. The number of hydrogen-bond donors (Lipinski definition) is 0. The minimum absolute atomic E-state index is 0.107. The minimum atomic E-state index is -0.267. The third-order valence-corrected chi connectivity index (χ3v) is 17.0. The smallest absolute Gasteiger partial charge is 0.0543 e. The van der Waals surface area contributed by atoms with Gasteiger partial charge in [-0.3, -0.25) is 0 Å². The summed E-state index contributed by atoms with van der Waals surface area (Å²) in [7, 11) is 0. The highest BCUT2D eigenvalue weighted by molar-refractivity contribution is 6.10. The van der Waals surface area contributed by atoms with Crippen LogP contribution in [0.25, 0.3) is 66.1 Å². The van der Waals surface area contributed by atoms with Crippen molar-refractivity contribution >= 4 is 55.7 Å². The van der Waals surface area contributed by atoms with Crippen LogP contribution in [-0.2, 0) is 16.2 Å². The molecule has 14 rings (SSSR count). The van der Waals surface area contributed by atoms with Gasteiger partial charge in [0.1, 0.15) is 0 Å². The molecule has 0 heterocycles. The van der Waals surface area contributed by atoms with Gasteiger partial charge in [0.25, 0.3) is 0 Å². The quantitative estimate of drug-likeness (QED) is 0.157. The summed E-state index contributed by atoms with van der Waals surface area (Å²) in [6.45, 7) is 14.3. The second-order valence-electron chi connectivity index (χ2n) is 22.1. The maximum atomic E-state index is 2.51. The van der Waals surface area contributed by atoms with E-state index in [1.54, 1.807) is 0 Å². The molecule has 0 aromatic heterocycles. The number of fused-ring (bicyclic) bond motifs is 12. The Morgan fingerprint density at radius 3 is 1.38 bits per heavy atom. The monoisotopic (exact) mass is 936 g/mol. The van der Waals surface area contributed by atoms with Crippen LogP contribution in [0.3, 0.4) is 0 Å². The van der Waals surface area contributed by atoms with Crippen molar-refractivity contribution < 1.29 is 0 Å².